The molecule has 5 nitrogen and oxygen atoms in total. The van der Waals surface area contributed by atoms with E-state index in [0.717, 1.165) is 22.7 Å². The summed E-state index contributed by atoms with van der Waals surface area (Å²) >= 11 is 5.93. The summed E-state index contributed by atoms with van der Waals surface area (Å²) in [5.41, 5.74) is 3.16. The lowest BCUT2D eigenvalue weighted by atomic mass is 10.1. The summed E-state index contributed by atoms with van der Waals surface area (Å²) in [6.07, 6.45) is 2.61. The lowest BCUT2D eigenvalue weighted by Gasteiger charge is -2.07. The zero-order valence-electron chi connectivity index (χ0n) is 13.8. The number of amides is 1. The molecule has 1 N–H and O–H groups in total. The van der Waals surface area contributed by atoms with Gasteiger partial charge in [-0.3, -0.25) is 9.20 Å². The maximum Gasteiger partial charge on any atom is 0.255 e. The molecule has 0 unspecified atom stereocenters. The highest BCUT2D eigenvalue weighted by Crippen LogP contribution is 2.16. The maximum atomic E-state index is 12.3. The van der Waals surface area contributed by atoms with Crippen LogP contribution in [0.25, 0.3) is 5.65 Å². The second kappa shape index (κ2) is 6.98. The van der Waals surface area contributed by atoms with Crippen molar-refractivity contribution in [1.29, 1.82) is 0 Å². The second-order valence-electron chi connectivity index (χ2n) is 5.88. The zero-order valence-corrected chi connectivity index (χ0v) is 14.5. The molecular formula is C20H15ClN4O. The third-order valence-electron chi connectivity index (χ3n) is 4.05. The number of hydrogen-bond donors (Lipinski definition) is 1. The summed E-state index contributed by atoms with van der Waals surface area (Å²) in [6.45, 7) is 0. The van der Waals surface area contributed by atoms with Gasteiger partial charge in [0, 0.05) is 28.9 Å². The summed E-state index contributed by atoms with van der Waals surface area (Å²) in [6, 6.07) is 20.4. The Morgan fingerprint density at radius 2 is 1.85 bits per heavy atom. The molecule has 6 heteroatoms. The topological polar surface area (TPSA) is 59.3 Å². The van der Waals surface area contributed by atoms with Crippen molar-refractivity contribution in [2.24, 2.45) is 0 Å². The highest BCUT2D eigenvalue weighted by atomic mass is 35.5. The van der Waals surface area contributed by atoms with Gasteiger partial charge in [-0.15, -0.1) is 10.2 Å². The molecule has 2 aromatic heterocycles. The quantitative estimate of drug-likeness (QED) is 0.591. The summed E-state index contributed by atoms with van der Waals surface area (Å²) in [5.74, 6) is 0.681. The van der Waals surface area contributed by atoms with Gasteiger partial charge in [0.15, 0.2) is 5.65 Å². The van der Waals surface area contributed by atoms with Crippen molar-refractivity contribution < 1.29 is 4.79 Å². The van der Waals surface area contributed by atoms with Crippen LogP contribution >= 0.6 is 11.6 Å². The fourth-order valence-corrected chi connectivity index (χ4v) is 2.92. The predicted molar refractivity (Wildman–Crippen MR) is 102 cm³/mol. The van der Waals surface area contributed by atoms with Gasteiger partial charge in [-0.05, 0) is 48.0 Å². The Kier molecular flexibility index (Phi) is 4.37. The smallest absolute Gasteiger partial charge is 0.255 e. The number of benzene rings is 2. The van der Waals surface area contributed by atoms with E-state index >= 15 is 0 Å². The van der Waals surface area contributed by atoms with Gasteiger partial charge < -0.3 is 5.32 Å². The van der Waals surface area contributed by atoms with Crippen LogP contribution in [0.15, 0.2) is 72.9 Å². The Bertz CT molecular complexity index is 1070. The van der Waals surface area contributed by atoms with Crippen LogP contribution in [0.4, 0.5) is 5.69 Å². The first-order chi connectivity index (χ1) is 12.7. The van der Waals surface area contributed by atoms with E-state index in [0.29, 0.717) is 17.0 Å². The third-order valence-corrected chi connectivity index (χ3v) is 4.28. The molecule has 0 saturated carbocycles. The van der Waals surface area contributed by atoms with Crippen LogP contribution in [-0.2, 0) is 6.42 Å². The Labute approximate surface area is 155 Å². The van der Waals surface area contributed by atoms with E-state index in [1.165, 1.54) is 0 Å². The van der Waals surface area contributed by atoms with Crippen molar-refractivity contribution in [1.82, 2.24) is 14.6 Å². The van der Waals surface area contributed by atoms with Gasteiger partial charge in [0.05, 0.1) is 0 Å². The highest BCUT2D eigenvalue weighted by molar-refractivity contribution is 6.31. The number of fused-ring (bicyclic) bond motifs is 1. The van der Waals surface area contributed by atoms with Crippen LogP contribution in [-0.4, -0.2) is 20.5 Å². The number of carbonyl (C=O) groups excluding carboxylic acids is 1. The summed E-state index contributed by atoms with van der Waals surface area (Å²) in [4.78, 5) is 12.3. The monoisotopic (exact) mass is 362 g/mol. The molecule has 4 rings (SSSR count). The Hall–Kier alpha value is -3.18. The van der Waals surface area contributed by atoms with Gasteiger partial charge in [0.1, 0.15) is 5.82 Å². The lowest BCUT2D eigenvalue weighted by molar-refractivity contribution is 0.102. The van der Waals surface area contributed by atoms with E-state index in [-0.39, 0.29) is 5.91 Å². The third kappa shape index (κ3) is 3.43. The minimum Gasteiger partial charge on any atom is -0.322 e. The number of aromatic nitrogens is 3. The number of nitrogens with one attached hydrogen (secondary N) is 1. The number of rotatable bonds is 4. The summed E-state index contributed by atoms with van der Waals surface area (Å²) in [5, 5.41) is 11.8. The van der Waals surface area contributed by atoms with Gasteiger partial charge in [0.25, 0.3) is 5.91 Å². The Morgan fingerprint density at radius 1 is 1.00 bits per heavy atom. The van der Waals surface area contributed by atoms with Gasteiger partial charge >= 0.3 is 0 Å². The number of pyridine rings is 1. The van der Waals surface area contributed by atoms with E-state index < -0.39 is 0 Å². The minimum absolute atomic E-state index is 0.191. The van der Waals surface area contributed by atoms with Gasteiger partial charge in [-0.2, -0.15) is 0 Å². The van der Waals surface area contributed by atoms with E-state index in [2.05, 4.69) is 15.5 Å². The predicted octanol–water partition coefficient (Wildman–Crippen LogP) is 4.23. The average Bonchev–Trinajstić information content (AvgIpc) is 3.06. The first-order valence-electron chi connectivity index (χ1n) is 8.13. The normalized spacial score (nSPS) is 10.8. The highest BCUT2D eigenvalue weighted by Gasteiger charge is 2.08. The molecule has 0 aliphatic carbocycles. The molecule has 0 bridgehead atoms. The largest absolute Gasteiger partial charge is 0.322 e. The van der Waals surface area contributed by atoms with E-state index in [1.807, 2.05) is 53.1 Å². The van der Waals surface area contributed by atoms with Crippen LogP contribution in [0.5, 0.6) is 0 Å². The molecule has 0 aliphatic heterocycles. The molecule has 2 aromatic carbocycles. The number of halogens is 1. The lowest BCUT2D eigenvalue weighted by Crippen LogP contribution is -2.11. The summed E-state index contributed by atoms with van der Waals surface area (Å²) < 4.78 is 1.97. The molecule has 1 amide bonds. The number of carbonyl (C=O) groups is 1. The second-order valence-corrected chi connectivity index (χ2v) is 6.32. The molecule has 4 aromatic rings. The SMILES string of the molecule is O=C(Nc1ccc(Cc2nnc3ccccn23)cc1)c1cccc(Cl)c1. The van der Waals surface area contributed by atoms with Crippen molar-refractivity contribution in [2.75, 3.05) is 5.32 Å². The average molecular weight is 363 g/mol. The summed E-state index contributed by atoms with van der Waals surface area (Å²) in [7, 11) is 0. The molecule has 0 fully saturated rings. The maximum absolute atomic E-state index is 12.3. The van der Waals surface area contributed by atoms with Gasteiger partial charge in [0.2, 0.25) is 0 Å². The van der Waals surface area contributed by atoms with E-state index in [4.69, 9.17) is 11.6 Å². The van der Waals surface area contributed by atoms with Crippen molar-refractivity contribution in [3.63, 3.8) is 0 Å². The molecule has 26 heavy (non-hydrogen) atoms. The number of nitrogens with zero attached hydrogens (tertiary/aromatic N) is 3. The number of hydrogen-bond acceptors (Lipinski definition) is 3. The molecule has 2 heterocycles. The van der Waals surface area contributed by atoms with Gasteiger partial charge in [-0.25, -0.2) is 0 Å². The Morgan fingerprint density at radius 3 is 2.65 bits per heavy atom. The molecule has 128 valence electrons. The molecular weight excluding hydrogens is 348 g/mol. The van der Waals surface area contributed by atoms with Gasteiger partial charge in [-0.1, -0.05) is 35.9 Å². The molecule has 0 spiro atoms. The van der Waals surface area contributed by atoms with E-state index in [9.17, 15) is 4.79 Å². The fourth-order valence-electron chi connectivity index (χ4n) is 2.73. The fraction of sp³-hybridized carbons (Fsp3) is 0.0500. The van der Waals surface area contributed by atoms with Crippen LogP contribution in [0.2, 0.25) is 5.02 Å². The minimum atomic E-state index is -0.191. The van der Waals surface area contributed by atoms with Crippen LogP contribution in [0.1, 0.15) is 21.7 Å². The first-order valence-corrected chi connectivity index (χ1v) is 8.51. The molecule has 0 aliphatic rings. The van der Waals surface area contributed by atoms with Crippen molar-refractivity contribution in [2.45, 2.75) is 6.42 Å². The molecule has 0 saturated heterocycles. The number of anilines is 1. The van der Waals surface area contributed by atoms with Crippen LogP contribution < -0.4 is 5.32 Å². The Balaban J connectivity index is 1.47. The first kappa shape index (κ1) is 16.3. The molecule has 0 atom stereocenters. The van der Waals surface area contributed by atoms with Crippen LogP contribution in [0, 0.1) is 0 Å². The standard InChI is InChI=1S/C20H15ClN4O/c21-16-5-3-4-15(13-16)20(26)22-17-9-7-14(8-10-17)12-19-24-23-18-6-1-2-11-25(18)19/h1-11,13H,12H2,(H,22,26). The van der Waals surface area contributed by atoms with Crippen LogP contribution in [0.3, 0.4) is 0 Å². The van der Waals surface area contributed by atoms with Crippen molar-refractivity contribution in [3.8, 4) is 0 Å². The van der Waals surface area contributed by atoms with Crippen molar-refractivity contribution in [3.05, 3.63) is 94.9 Å². The van der Waals surface area contributed by atoms with E-state index in [1.54, 1.807) is 24.3 Å². The van der Waals surface area contributed by atoms with Crippen molar-refractivity contribution >= 4 is 28.8 Å². The molecule has 0 radical (unpaired) electrons. The zero-order chi connectivity index (χ0) is 17.9.